The van der Waals surface area contributed by atoms with Crippen molar-refractivity contribution in [1.29, 1.82) is 0 Å². The minimum absolute atomic E-state index is 0.510. The summed E-state index contributed by atoms with van der Waals surface area (Å²) in [7, 11) is 0. The van der Waals surface area contributed by atoms with Gasteiger partial charge in [0.1, 0.15) is 12.4 Å². The van der Waals surface area contributed by atoms with Gasteiger partial charge in [-0.05, 0) is 6.07 Å². The molecule has 5 nitrogen and oxygen atoms in total. The molecule has 0 atom stereocenters. The zero-order valence-electron chi connectivity index (χ0n) is 7.67. The van der Waals surface area contributed by atoms with Crippen molar-refractivity contribution < 1.29 is 0 Å². The van der Waals surface area contributed by atoms with Crippen molar-refractivity contribution in [3.8, 4) is 0 Å². The van der Waals surface area contributed by atoms with Crippen LogP contribution in [0.5, 0.6) is 0 Å². The van der Waals surface area contributed by atoms with Crippen molar-refractivity contribution in [2.75, 3.05) is 0 Å². The van der Waals surface area contributed by atoms with Crippen molar-refractivity contribution in [3.05, 3.63) is 42.2 Å². The molecule has 0 amide bonds. The van der Waals surface area contributed by atoms with Gasteiger partial charge < -0.3 is 5.73 Å². The van der Waals surface area contributed by atoms with Crippen molar-refractivity contribution >= 4 is 0 Å². The van der Waals surface area contributed by atoms with Crippen LogP contribution in [0.4, 0.5) is 0 Å². The molecule has 0 saturated heterocycles. The van der Waals surface area contributed by atoms with Crippen LogP contribution in [0.1, 0.15) is 11.4 Å². The molecule has 2 rings (SSSR count). The molecule has 0 aliphatic heterocycles. The highest BCUT2D eigenvalue weighted by Crippen LogP contribution is 1.98. The lowest BCUT2D eigenvalue weighted by atomic mass is 10.4. The van der Waals surface area contributed by atoms with Gasteiger partial charge in [-0.25, -0.2) is 9.97 Å². The molecular weight excluding hydrogens is 178 g/mol. The fourth-order valence-corrected chi connectivity index (χ4v) is 1.15. The van der Waals surface area contributed by atoms with E-state index in [1.165, 1.54) is 0 Å². The van der Waals surface area contributed by atoms with Crippen molar-refractivity contribution in [1.82, 2.24) is 19.7 Å². The summed E-state index contributed by atoms with van der Waals surface area (Å²) in [5, 5.41) is 4.14. The van der Waals surface area contributed by atoms with Gasteiger partial charge in [-0.2, -0.15) is 5.10 Å². The molecular formula is C9H11N5. The van der Waals surface area contributed by atoms with Crippen molar-refractivity contribution in [2.45, 2.75) is 13.1 Å². The van der Waals surface area contributed by atoms with Crippen LogP contribution >= 0.6 is 0 Å². The summed E-state index contributed by atoms with van der Waals surface area (Å²) in [6.45, 7) is 1.09. The van der Waals surface area contributed by atoms with Gasteiger partial charge >= 0.3 is 0 Å². The summed E-state index contributed by atoms with van der Waals surface area (Å²) in [6, 6.07) is 1.79. The maximum Gasteiger partial charge on any atom is 0.149 e. The first-order chi connectivity index (χ1) is 6.88. The second-order valence-corrected chi connectivity index (χ2v) is 2.92. The van der Waals surface area contributed by atoms with Crippen LogP contribution in [0.3, 0.4) is 0 Å². The Morgan fingerprint density at radius 3 is 2.71 bits per heavy atom. The third-order valence-corrected chi connectivity index (χ3v) is 1.85. The van der Waals surface area contributed by atoms with E-state index >= 15 is 0 Å². The van der Waals surface area contributed by atoms with Crippen LogP contribution in [-0.4, -0.2) is 19.7 Å². The summed E-state index contributed by atoms with van der Waals surface area (Å²) < 4.78 is 1.78. The van der Waals surface area contributed by atoms with Crippen molar-refractivity contribution in [3.63, 3.8) is 0 Å². The smallest absolute Gasteiger partial charge is 0.149 e. The summed E-state index contributed by atoms with van der Waals surface area (Å²) in [4.78, 5) is 8.21. The van der Waals surface area contributed by atoms with Gasteiger partial charge in [0.25, 0.3) is 0 Å². The van der Waals surface area contributed by atoms with Crippen LogP contribution in [-0.2, 0) is 13.1 Å². The fraction of sp³-hybridized carbons (Fsp3) is 0.222. The molecule has 0 saturated carbocycles. The molecule has 72 valence electrons. The summed E-state index contributed by atoms with van der Waals surface area (Å²) >= 11 is 0. The molecule has 14 heavy (non-hydrogen) atoms. The van der Waals surface area contributed by atoms with E-state index in [0.717, 1.165) is 11.4 Å². The zero-order valence-corrected chi connectivity index (χ0v) is 7.67. The Morgan fingerprint density at radius 1 is 1.29 bits per heavy atom. The fourth-order valence-electron chi connectivity index (χ4n) is 1.15. The van der Waals surface area contributed by atoms with E-state index in [1.54, 1.807) is 29.3 Å². The standard InChI is InChI=1S/C9H11N5/c10-4-8-5-13-14(6-8)7-9-11-2-1-3-12-9/h1-3,5-6H,4,7,10H2. The SMILES string of the molecule is NCc1cnn(Cc2ncccn2)c1. The van der Waals surface area contributed by atoms with Gasteiger partial charge in [-0.3, -0.25) is 4.68 Å². The van der Waals surface area contributed by atoms with Gasteiger partial charge in [0.05, 0.1) is 6.20 Å². The molecule has 2 heterocycles. The molecule has 2 aromatic rings. The molecule has 2 N–H and O–H groups in total. The lowest BCUT2D eigenvalue weighted by Crippen LogP contribution is -2.04. The van der Waals surface area contributed by atoms with Gasteiger partial charge in [-0.15, -0.1) is 0 Å². The van der Waals surface area contributed by atoms with Gasteiger partial charge in [0.2, 0.25) is 0 Å². The first kappa shape index (κ1) is 8.83. The van der Waals surface area contributed by atoms with E-state index in [4.69, 9.17) is 5.73 Å². The highest BCUT2D eigenvalue weighted by atomic mass is 15.3. The predicted octanol–water partition coefficient (Wildman–Crippen LogP) is 0.180. The number of rotatable bonds is 3. The van der Waals surface area contributed by atoms with Crippen LogP contribution in [0, 0.1) is 0 Å². The van der Waals surface area contributed by atoms with E-state index in [-0.39, 0.29) is 0 Å². The maximum atomic E-state index is 5.47. The Labute approximate surface area is 81.6 Å². The van der Waals surface area contributed by atoms with Gasteiger partial charge in [0, 0.05) is 30.7 Å². The van der Waals surface area contributed by atoms with Crippen LogP contribution < -0.4 is 5.73 Å². The normalized spacial score (nSPS) is 10.4. The lowest BCUT2D eigenvalue weighted by molar-refractivity contribution is 0.654. The Hall–Kier alpha value is -1.75. The Balaban J connectivity index is 2.11. The molecule has 2 aromatic heterocycles. The molecule has 0 aliphatic carbocycles. The predicted molar refractivity (Wildman–Crippen MR) is 51.3 cm³/mol. The van der Waals surface area contributed by atoms with Crippen molar-refractivity contribution in [2.24, 2.45) is 5.73 Å². The zero-order chi connectivity index (χ0) is 9.80. The van der Waals surface area contributed by atoms with Gasteiger partial charge in [-0.1, -0.05) is 0 Å². The second kappa shape index (κ2) is 3.97. The second-order valence-electron chi connectivity index (χ2n) is 2.92. The number of nitrogens with zero attached hydrogens (tertiary/aromatic N) is 4. The van der Waals surface area contributed by atoms with Crippen LogP contribution in [0.2, 0.25) is 0 Å². The Bertz CT molecular complexity index is 395. The third kappa shape index (κ3) is 1.94. The van der Waals surface area contributed by atoms with E-state index in [0.29, 0.717) is 13.1 Å². The number of aromatic nitrogens is 4. The summed E-state index contributed by atoms with van der Waals surface area (Å²) in [6.07, 6.45) is 7.09. The molecule has 0 fully saturated rings. The summed E-state index contributed by atoms with van der Waals surface area (Å²) in [5.41, 5.74) is 6.49. The first-order valence-electron chi connectivity index (χ1n) is 4.36. The topological polar surface area (TPSA) is 69.6 Å². The molecule has 5 heteroatoms. The quantitative estimate of drug-likeness (QED) is 0.747. The molecule has 0 unspecified atom stereocenters. The largest absolute Gasteiger partial charge is 0.326 e. The van der Waals surface area contributed by atoms with E-state index < -0.39 is 0 Å². The minimum Gasteiger partial charge on any atom is -0.326 e. The minimum atomic E-state index is 0.510. The third-order valence-electron chi connectivity index (χ3n) is 1.85. The number of hydrogen-bond acceptors (Lipinski definition) is 4. The van der Waals surface area contributed by atoms with Crippen LogP contribution in [0.15, 0.2) is 30.9 Å². The number of hydrogen-bond donors (Lipinski definition) is 1. The highest BCUT2D eigenvalue weighted by Gasteiger charge is 1.99. The Morgan fingerprint density at radius 2 is 2.07 bits per heavy atom. The van der Waals surface area contributed by atoms with E-state index in [2.05, 4.69) is 15.1 Å². The molecule has 0 aliphatic rings. The lowest BCUT2D eigenvalue weighted by Gasteiger charge is -1.98. The van der Waals surface area contributed by atoms with Gasteiger partial charge in [0.15, 0.2) is 0 Å². The molecule has 0 spiro atoms. The average molecular weight is 189 g/mol. The maximum absolute atomic E-state index is 5.47. The van der Waals surface area contributed by atoms with Crippen LogP contribution in [0.25, 0.3) is 0 Å². The highest BCUT2D eigenvalue weighted by molar-refractivity contribution is 5.03. The first-order valence-corrected chi connectivity index (χ1v) is 4.36. The monoisotopic (exact) mass is 189 g/mol. The molecule has 0 radical (unpaired) electrons. The molecule has 0 aromatic carbocycles. The average Bonchev–Trinajstić information content (AvgIpc) is 2.67. The number of nitrogens with two attached hydrogens (primary N) is 1. The van der Waals surface area contributed by atoms with E-state index in [9.17, 15) is 0 Å². The summed E-state index contributed by atoms with van der Waals surface area (Å²) in [5.74, 6) is 0.749. The Kier molecular flexibility index (Phi) is 2.51. The van der Waals surface area contributed by atoms with E-state index in [1.807, 2.05) is 6.20 Å². The molecule has 0 bridgehead atoms.